The average Bonchev–Trinajstić information content (AvgIpc) is 2.60. The molecule has 0 radical (unpaired) electrons. The molecule has 8 heteroatoms. The van der Waals surface area contributed by atoms with E-state index in [-0.39, 0.29) is 35.2 Å². The van der Waals surface area contributed by atoms with Crippen LogP contribution in [0.2, 0.25) is 0 Å². The summed E-state index contributed by atoms with van der Waals surface area (Å²) < 4.78 is 10.6. The van der Waals surface area contributed by atoms with Gasteiger partial charge in [0, 0.05) is 23.8 Å². The molecular formula is C18H16N2O6. The van der Waals surface area contributed by atoms with Gasteiger partial charge in [0.1, 0.15) is 17.1 Å². The molecule has 1 aliphatic heterocycles. The van der Waals surface area contributed by atoms with E-state index in [2.05, 4.69) is 0 Å². The van der Waals surface area contributed by atoms with Crippen molar-refractivity contribution in [3.8, 4) is 11.5 Å². The van der Waals surface area contributed by atoms with Crippen molar-refractivity contribution < 1.29 is 24.3 Å². The first-order valence-corrected chi connectivity index (χ1v) is 7.84. The summed E-state index contributed by atoms with van der Waals surface area (Å²) in [5.41, 5.74) is 6.92. The minimum atomic E-state index is -0.724. The highest BCUT2D eigenvalue weighted by Crippen LogP contribution is 2.44. The number of esters is 1. The van der Waals surface area contributed by atoms with Crippen molar-refractivity contribution in [3.05, 3.63) is 75.2 Å². The second kappa shape index (κ2) is 6.75. The molecule has 0 aliphatic carbocycles. The highest BCUT2D eigenvalue weighted by molar-refractivity contribution is 5.92. The van der Waals surface area contributed by atoms with E-state index in [1.165, 1.54) is 30.3 Å². The molecule has 8 nitrogen and oxygen atoms in total. The summed E-state index contributed by atoms with van der Waals surface area (Å²) >= 11 is 0. The molecule has 0 aromatic heterocycles. The van der Waals surface area contributed by atoms with Gasteiger partial charge in [-0.05, 0) is 18.6 Å². The van der Waals surface area contributed by atoms with E-state index < -0.39 is 16.8 Å². The Morgan fingerprint density at radius 3 is 2.81 bits per heavy atom. The third-order valence-electron chi connectivity index (χ3n) is 3.99. The lowest BCUT2D eigenvalue weighted by Crippen LogP contribution is -2.27. The number of nitro groups is 1. The molecule has 0 saturated heterocycles. The van der Waals surface area contributed by atoms with Crippen LogP contribution in [0.15, 0.2) is 53.9 Å². The zero-order chi connectivity index (χ0) is 18.8. The Morgan fingerprint density at radius 2 is 2.12 bits per heavy atom. The summed E-state index contributed by atoms with van der Waals surface area (Å²) in [6.07, 6.45) is 0. The molecule has 1 aliphatic rings. The molecule has 134 valence electrons. The van der Waals surface area contributed by atoms with Crippen LogP contribution in [0.4, 0.5) is 5.69 Å². The van der Waals surface area contributed by atoms with Gasteiger partial charge in [-0.2, -0.15) is 0 Å². The van der Waals surface area contributed by atoms with Crippen molar-refractivity contribution in [2.75, 3.05) is 6.61 Å². The maximum absolute atomic E-state index is 12.5. The van der Waals surface area contributed by atoms with Gasteiger partial charge in [-0.15, -0.1) is 0 Å². The number of hydrogen-bond acceptors (Lipinski definition) is 7. The number of nitrogens with zero attached hydrogens (tertiary/aromatic N) is 1. The fourth-order valence-electron chi connectivity index (χ4n) is 2.91. The standard InChI is InChI=1S/C18H16N2O6/c1-2-25-18(22)16-15(10-4-3-5-11(8-10)20(23)24)13-7-6-12(21)9-14(13)26-17(16)19/h3-9,15,21H,2,19H2,1H3/t15-/m1/s1. The van der Waals surface area contributed by atoms with Crippen LogP contribution in [-0.2, 0) is 9.53 Å². The van der Waals surface area contributed by atoms with Gasteiger partial charge in [-0.1, -0.05) is 18.2 Å². The van der Waals surface area contributed by atoms with E-state index in [9.17, 15) is 20.0 Å². The highest BCUT2D eigenvalue weighted by Gasteiger charge is 2.36. The Morgan fingerprint density at radius 1 is 1.35 bits per heavy atom. The first-order chi connectivity index (χ1) is 12.4. The van der Waals surface area contributed by atoms with Gasteiger partial charge >= 0.3 is 5.97 Å². The van der Waals surface area contributed by atoms with Crippen LogP contribution in [0, 0.1) is 10.1 Å². The molecule has 0 unspecified atom stereocenters. The van der Waals surface area contributed by atoms with Crippen molar-refractivity contribution in [1.29, 1.82) is 0 Å². The summed E-state index contributed by atoms with van der Waals surface area (Å²) in [6, 6.07) is 10.3. The van der Waals surface area contributed by atoms with Crippen LogP contribution in [0.25, 0.3) is 0 Å². The first-order valence-electron chi connectivity index (χ1n) is 7.84. The first kappa shape index (κ1) is 17.3. The van der Waals surface area contributed by atoms with Crippen LogP contribution in [0.5, 0.6) is 11.5 Å². The lowest BCUT2D eigenvalue weighted by Gasteiger charge is -2.28. The van der Waals surface area contributed by atoms with E-state index in [1.54, 1.807) is 19.1 Å². The fraction of sp³-hybridized carbons (Fsp3) is 0.167. The molecule has 26 heavy (non-hydrogen) atoms. The number of fused-ring (bicyclic) bond motifs is 1. The SMILES string of the molecule is CCOC(=O)C1=C(N)Oc2cc(O)ccc2[C@H]1c1cccc([N+](=O)[O-])c1. The number of ether oxygens (including phenoxy) is 2. The lowest BCUT2D eigenvalue weighted by atomic mass is 9.83. The summed E-state index contributed by atoms with van der Waals surface area (Å²) in [5, 5.41) is 20.8. The molecule has 2 aromatic carbocycles. The molecule has 1 atom stereocenters. The van der Waals surface area contributed by atoms with Crippen LogP contribution in [0.1, 0.15) is 24.0 Å². The molecule has 3 rings (SSSR count). The number of hydrogen-bond donors (Lipinski definition) is 2. The van der Waals surface area contributed by atoms with Crippen molar-refractivity contribution in [2.45, 2.75) is 12.8 Å². The summed E-state index contributed by atoms with van der Waals surface area (Å²) in [7, 11) is 0. The number of nitro benzene ring substituents is 1. The fourth-order valence-corrected chi connectivity index (χ4v) is 2.91. The van der Waals surface area contributed by atoms with Crippen LogP contribution >= 0.6 is 0 Å². The predicted octanol–water partition coefficient (Wildman–Crippen LogP) is 2.56. The van der Waals surface area contributed by atoms with Gasteiger partial charge < -0.3 is 20.3 Å². The molecule has 0 saturated carbocycles. The minimum Gasteiger partial charge on any atom is -0.508 e. The van der Waals surface area contributed by atoms with E-state index in [1.807, 2.05) is 0 Å². The van der Waals surface area contributed by atoms with E-state index >= 15 is 0 Å². The molecule has 3 N–H and O–H groups in total. The smallest absolute Gasteiger partial charge is 0.340 e. The van der Waals surface area contributed by atoms with Gasteiger partial charge in [0.25, 0.3) is 5.69 Å². The molecule has 0 fully saturated rings. The molecule has 2 aromatic rings. The number of phenolic OH excluding ortho intramolecular Hbond substituents is 1. The molecular weight excluding hydrogens is 340 g/mol. The number of aromatic hydroxyl groups is 1. The Bertz CT molecular complexity index is 922. The summed E-state index contributed by atoms with van der Waals surface area (Å²) in [6.45, 7) is 1.80. The average molecular weight is 356 g/mol. The van der Waals surface area contributed by atoms with Gasteiger partial charge in [-0.25, -0.2) is 4.79 Å². The topological polar surface area (TPSA) is 125 Å². The molecule has 0 amide bonds. The Hall–Kier alpha value is -3.55. The van der Waals surface area contributed by atoms with Gasteiger partial charge in [0.15, 0.2) is 0 Å². The third-order valence-corrected chi connectivity index (χ3v) is 3.99. The quantitative estimate of drug-likeness (QED) is 0.490. The van der Waals surface area contributed by atoms with Gasteiger partial charge in [-0.3, -0.25) is 10.1 Å². The maximum atomic E-state index is 12.5. The second-order valence-electron chi connectivity index (χ2n) is 5.61. The number of carbonyl (C=O) groups is 1. The summed E-state index contributed by atoms with van der Waals surface area (Å²) in [4.78, 5) is 23.1. The van der Waals surface area contributed by atoms with Crippen molar-refractivity contribution in [2.24, 2.45) is 5.73 Å². The molecule has 1 heterocycles. The number of non-ortho nitro benzene ring substituents is 1. The zero-order valence-corrected chi connectivity index (χ0v) is 13.8. The van der Waals surface area contributed by atoms with Crippen molar-refractivity contribution in [1.82, 2.24) is 0 Å². The van der Waals surface area contributed by atoms with E-state index in [0.29, 0.717) is 11.1 Å². The summed E-state index contributed by atoms with van der Waals surface area (Å²) in [5.74, 6) is -1.32. The van der Waals surface area contributed by atoms with Crippen LogP contribution < -0.4 is 10.5 Å². The third kappa shape index (κ3) is 3.04. The lowest BCUT2D eigenvalue weighted by molar-refractivity contribution is -0.384. The number of rotatable bonds is 4. The Balaban J connectivity index is 2.21. The number of carbonyl (C=O) groups excluding carboxylic acids is 1. The van der Waals surface area contributed by atoms with Gasteiger partial charge in [0.2, 0.25) is 5.88 Å². The number of nitrogens with two attached hydrogens (primary N) is 1. The number of benzene rings is 2. The van der Waals surface area contributed by atoms with Gasteiger partial charge in [0.05, 0.1) is 17.4 Å². The van der Waals surface area contributed by atoms with E-state index in [0.717, 1.165) is 0 Å². The normalized spacial score (nSPS) is 15.8. The predicted molar refractivity (Wildman–Crippen MR) is 91.5 cm³/mol. The monoisotopic (exact) mass is 356 g/mol. The second-order valence-corrected chi connectivity index (χ2v) is 5.61. The zero-order valence-electron chi connectivity index (χ0n) is 13.8. The minimum absolute atomic E-state index is 0.0334. The van der Waals surface area contributed by atoms with Crippen LogP contribution in [-0.4, -0.2) is 22.6 Å². The number of phenols is 1. The van der Waals surface area contributed by atoms with Crippen molar-refractivity contribution in [3.63, 3.8) is 0 Å². The maximum Gasteiger partial charge on any atom is 0.340 e. The largest absolute Gasteiger partial charge is 0.508 e. The Kier molecular flexibility index (Phi) is 4.49. The Labute approximate surface area is 148 Å². The van der Waals surface area contributed by atoms with Crippen LogP contribution in [0.3, 0.4) is 0 Å². The highest BCUT2D eigenvalue weighted by atomic mass is 16.6. The van der Waals surface area contributed by atoms with E-state index in [4.69, 9.17) is 15.2 Å². The molecule has 0 spiro atoms. The van der Waals surface area contributed by atoms with Crippen molar-refractivity contribution >= 4 is 11.7 Å². The molecule has 0 bridgehead atoms.